The molecule has 2 aromatic heterocycles. The van der Waals surface area contributed by atoms with E-state index in [0.29, 0.717) is 17.9 Å². The van der Waals surface area contributed by atoms with E-state index in [2.05, 4.69) is 15.1 Å². The van der Waals surface area contributed by atoms with Crippen LogP contribution in [-0.4, -0.2) is 37.3 Å². The average molecular weight is 222 g/mol. The van der Waals surface area contributed by atoms with Crippen LogP contribution in [0.15, 0.2) is 12.4 Å². The fourth-order valence-electron chi connectivity index (χ4n) is 1.21. The van der Waals surface area contributed by atoms with Gasteiger partial charge in [-0.2, -0.15) is 4.98 Å². The number of rotatable bonds is 3. The van der Waals surface area contributed by atoms with E-state index in [1.165, 1.54) is 16.9 Å². The highest BCUT2D eigenvalue weighted by Gasteiger charge is 2.10. The largest absolute Gasteiger partial charge is 0.462 e. The maximum absolute atomic E-state index is 11.4. The second-order valence-corrected chi connectivity index (χ2v) is 2.99. The Hall–Kier alpha value is -2.02. The molecule has 2 aromatic rings. The molecule has 16 heavy (non-hydrogen) atoms. The highest BCUT2D eigenvalue weighted by molar-refractivity contribution is 5.88. The summed E-state index contributed by atoms with van der Waals surface area (Å²) in [6.07, 6.45) is 2.83. The van der Waals surface area contributed by atoms with E-state index in [1.54, 1.807) is 6.92 Å². The molecule has 2 heterocycles. The fourth-order valence-corrected chi connectivity index (χ4v) is 1.21. The van der Waals surface area contributed by atoms with Crippen LogP contribution in [0.2, 0.25) is 0 Å². The quantitative estimate of drug-likeness (QED) is 0.723. The molecule has 84 valence electrons. The third-order valence-corrected chi connectivity index (χ3v) is 1.89. The molecule has 0 bridgehead atoms. The molecular formula is C9H10N4O3. The summed E-state index contributed by atoms with van der Waals surface area (Å²) in [7, 11) is 0. The van der Waals surface area contributed by atoms with Crippen LogP contribution in [0.5, 0.6) is 0 Å². The monoisotopic (exact) mass is 222 g/mol. The minimum atomic E-state index is -0.460. The Labute approximate surface area is 90.7 Å². The van der Waals surface area contributed by atoms with E-state index in [-0.39, 0.29) is 12.4 Å². The lowest BCUT2D eigenvalue weighted by molar-refractivity contribution is 0.0525. The van der Waals surface area contributed by atoms with Crippen molar-refractivity contribution in [1.29, 1.82) is 0 Å². The van der Waals surface area contributed by atoms with Crippen LogP contribution in [0, 0.1) is 0 Å². The van der Waals surface area contributed by atoms with Crippen molar-refractivity contribution >= 4 is 11.7 Å². The molecule has 2 rings (SSSR count). The van der Waals surface area contributed by atoms with Crippen LogP contribution in [-0.2, 0) is 11.3 Å². The predicted molar refractivity (Wildman–Crippen MR) is 52.7 cm³/mol. The molecule has 0 aliphatic rings. The van der Waals surface area contributed by atoms with Crippen LogP contribution in [0.25, 0.3) is 5.78 Å². The number of aromatic nitrogens is 4. The van der Waals surface area contributed by atoms with Crippen molar-refractivity contribution in [2.24, 2.45) is 0 Å². The van der Waals surface area contributed by atoms with Crippen molar-refractivity contribution in [3.63, 3.8) is 0 Å². The average Bonchev–Trinajstić information content (AvgIpc) is 2.70. The highest BCUT2D eigenvalue weighted by Crippen LogP contribution is 2.03. The second kappa shape index (κ2) is 4.23. The van der Waals surface area contributed by atoms with Gasteiger partial charge in [-0.15, -0.1) is 5.10 Å². The van der Waals surface area contributed by atoms with Gasteiger partial charge >= 0.3 is 5.97 Å². The number of nitrogens with zero attached hydrogens (tertiary/aromatic N) is 4. The molecular weight excluding hydrogens is 212 g/mol. The topological polar surface area (TPSA) is 89.6 Å². The van der Waals surface area contributed by atoms with Gasteiger partial charge in [0.25, 0.3) is 5.78 Å². The molecule has 0 spiro atoms. The van der Waals surface area contributed by atoms with Gasteiger partial charge in [-0.1, -0.05) is 0 Å². The molecule has 0 aromatic carbocycles. The number of aliphatic hydroxyl groups excluding tert-OH is 1. The number of carbonyl (C=O) groups excluding carboxylic acids is 1. The molecule has 0 saturated carbocycles. The van der Waals surface area contributed by atoms with Gasteiger partial charge in [0.05, 0.1) is 12.2 Å². The summed E-state index contributed by atoms with van der Waals surface area (Å²) < 4.78 is 6.15. The van der Waals surface area contributed by atoms with Crippen molar-refractivity contribution in [1.82, 2.24) is 19.6 Å². The number of hydrogen-bond donors (Lipinski definition) is 1. The fraction of sp³-hybridized carbons (Fsp3) is 0.333. The van der Waals surface area contributed by atoms with Crippen LogP contribution >= 0.6 is 0 Å². The van der Waals surface area contributed by atoms with Gasteiger partial charge in [0.2, 0.25) is 0 Å². The van der Waals surface area contributed by atoms with Gasteiger partial charge in [0.1, 0.15) is 6.61 Å². The van der Waals surface area contributed by atoms with Crippen LogP contribution in [0.4, 0.5) is 0 Å². The zero-order valence-corrected chi connectivity index (χ0v) is 8.62. The molecule has 0 amide bonds. The van der Waals surface area contributed by atoms with Gasteiger partial charge in [-0.25, -0.2) is 14.3 Å². The van der Waals surface area contributed by atoms with Crippen molar-refractivity contribution in [3.8, 4) is 0 Å². The highest BCUT2D eigenvalue weighted by atomic mass is 16.5. The van der Waals surface area contributed by atoms with Crippen molar-refractivity contribution in [2.75, 3.05) is 6.61 Å². The molecule has 1 N–H and O–H groups in total. The van der Waals surface area contributed by atoms with E-state index in [4.69, 9.17) is 9.84 Å². The molecule has 0 fully saturated rings. The van der Waals surface area contributed by atoms with E-state index >= 15 is 0 Å². The summed E-state index contributed by atoms with van der Waals surface area (Å²) in [5.74, 6) is 0.128. The standard InChI is InChI=1S/C9H10N4O3/c1-2-16-8(15)6-3-10-9-11-7(5-14)12-13(9)4-6/h3-4,14H,2,5H2,1H3. The minimum Gasteiger partial charge on any atom is -0.462 e. The summed E-state index contributed by atoms with van der Waals surface area (Å²) in [6.45, 7) is 1.76. The van der Waals surface area contributed by atoms with Crippen LogP contribution < -0.4 is 0 Å². The number of esters is 1. The van der Waals surface area contributed by atoms with Crippen molar-refractivity contribution in [2.45, 2.75) is 13.5 Å². The Bertz CT molecular complexity index is 522. The molecule has 0 aliphatic carbocycles. The van der Waals surface area contributed by atoms with E-state index < -0.39 is 5.97 Å². The molecule has 0 unspecified atom stereocenters. The summed E-state index contributed by atoms with van der Waals surface area (Å²) in [4.78, 5) is 19.2. The van der Waals surface area contributed by atoms with Gasteiger partial charge < -0.3 is 9.84 Å². The Morgan fingerprint density at radius 2 is 2.44 bits per heavy atom. The maximum atomic E-state index is 11.4. The van der Waals surface area contributed by atoms with Crippen molar-refractivity contribution in [3.05, 3.63) is 23.8 Å². The first kappa shape index (κ1) is 10.5. The maximum Gasteiger partial charge on any atom is 0.341 e. The van der Waals surface area contributed by atoms with Gasteiger partial charge in [-0.3, -0.25) is 0 Å². The Morgan fingerprint density at radius 1 is 1.62 bits per heavy atom. The lowest BCUT2D eigenvalue weighted by Gasteiger charge is -2.00. The molecule has 0 saturated heterocycles. The molecule has 7 heteroatoms. The van der Waals surface area contributed by atoms with Crippen LogP contribution in [0.3, 0.4) is 0 Å². The normalized spacial score (nSPS) is 10.6. The number of hydrogen-bond acceptors (Lipinski definition) is 6. The summed E-state index contributed by atoms with van der Waals surface area (Å²) in [5, 5.41) is 12.8. The molecule has 0 atom stereocenters. The SMILES string of the molecule is CCOC(=O)c1cnc2nc(CO)nn2c1. The third-order valence-electron chi connectivity index (χ3n) is 1.89. The summed E-state index contributed by atoms with van der Waals surface area (Å²) >= 11 is 0. The van der Waals surface area contributed by atoms with E-state index in [0.717, 1.165) is 0 Å². The van der Waals surface area contributed by atoms with Crippen molar-refractivity contribution < 1.29 is 14.6 Å². The zero-order chi connectivity index (χ0) is 11.5. The Balaban J connectivity index is 2.39. The number of aliphatic hydroxyl groups is 1. The zero-order valence-electron chi connectivity index (χ0n) is 8.62. The van der Waals surface area contributed by atoms with E-state index in [1.807, 2.05) is 0 Å². The predicted octanol–water partition coefficient (Wildman–Crippen LogP) is -0.207. The first-order valence-electron chi connectivity index (χ1n) is 4.74. The summed E-state index contributed by atoms with van der Waals surface area (Å²) in [5.41, 5.74) is 0.295. The summed E-state index contributed by atoms with van der Waals surface area (Å²) in [6, 6.07) is 0. The number of fused-ring (bicyclic) bond motifs is 1. The minimum absolute atomic E-state index is 0.258. The van der Waals surface area contributed by atoms with Crippen LogP contribution in [0.1, 0.15) is 23.1 Å². The number of carbonyl (C=O) groups is 1. The molecule has 0 aliphatic heterocycles. The third kappa shape index (κ3) is 1.84. The second-order valence-electron chi connectivity index (χ2n) is 2.99. The lowest BCUT2D eigenvalue weighted by atomic mass is 10.3. The van der Waals surface area contributed by atoms with E-state index in [9.17, 15) is 4.79 Å². The Kier molecular flexibility index (Phi) is 2.78. The first-order valence-corrected chi connectivity index (χ1v) is 4.74. The Morgan fingerprint density at radius 3 is 3.12 bits per heavy atom. The van der Waals surface area contributed by atoms with Gasteiger partial charge in [0.15, 0.2) is 5.82 Å². The molecule has 0 radical (unpaired) electrons. The number of ether oxygens (including phenoxy) is 1. The lowest BCUT2D eigenvalue weighted by Crippen LogP contribution is -2.07. The van der Waals surface area contributed by atoms with Gasteiger partial charge in [-0.05, 0) is 6.92 Å². The molecule has 7 nitrogen and oxygen atoms in total. The first-order chi connectivity index (χ1) is 7.74. The smallest absolute Gasteiger partial charge is 0.341 e. The van der Waals surface area contributed by atoms with Gasteiger partial charge in [0, 0.05) is 12.4 Å².